The highest BCUT2D eigenvalue weighted by Gasteiger charge is 2.46. The normalized spacial score (nSPS) is 27.3. The van der Waals surface area contributed by atoms with Gasteiger partial charge in [-0.2, -0.15) is 0 Å². The Morgan fingerprint density at radius 2 is 1.70 bits per heavy atom. The number of rotatable bonds is 0. The molecule has 3 N–H and O–H groups in total. The lowest BCUT2D eigenvalue weighted by Crippen LogP contribution is -2.63. The average molecular weight is 185 g/mol. The van der Waals surface area contributed by atoms with E-state index in [0.717, 1.165) is 0 Å². The molecule has 4 heteroatoms. The van der Waals surface area contributed by atoms with Gasteiger partial charge in [0, 0.05) is 19.1 Å². The molecule has 0 aromatic rings. The smallest absolute Gasteiger partial charge is 0.00513 e. The number of hydrogen-bond acceptors (Lipinski definition) is 2. The van der Waals surface area contributed by atoms with Gasteiger partial charge in [-0.1, -0.05) is 0 Å². The van der Waals surface area contributed by atoms with Crippen molar-refractivity contribution in [3.8, 4) is 0 Å². The molecule has 2 rings (SSSR count). The highest BCUT2D eigenvalue weighted by atomic mass is 35.5. The largest absolute Gasteiger partial charge is 0.328 e. The van der Waals surface area contributed by atoms with Crippen LogP contribution in [0.25, 0.3) is 0 Å². The van der Waals surface area contributed by atoms with Crippen LogP contribution >= 0.6 is 24.8 Å². The maximum atomic E-state index is 5.64. The highest BCUT2D eigenvalue weighted by molar-refractivity contribution is 5.85. The summed E-state index contributed by atoms with van der Waals surface area (Å²) in [4.78, 5) is 0. The zero-order chi connectivity index (χ0) is 5.61. The number of halogens is 2. The summed E-state index contributed by atoms with van der Waals surface area (Å²) in [7, 11) is 0. The van der Waals surface area contributed by atoms with Gasteiger partial charge in [0.1, 0.15) is 0 Å². The summed E-state index contributed by atoms with van der Waals surface area (Å²) >= 11 is 0. The molecule has 1 spiro atoms. The van der Waals surface area contributed by atoms with E-state index in [1.54, 1.807) is 0 Å². The molecule has 0 bridgehead atoms. The lowest BCUT2D eigenvalue weighted by Gasteiger charge is -2.53. The summed E-state index contributed by atoms with van der Waals surface area (Å²) in [6.07, 6.45) is 2.53. The minimum Gasteiger partial charge on any atom is -0.328 e. The fourth-order valence-electron chi connectivity index (χ4n) is 1.82. The van der Waals surface area contributed by atoms with Crippen molar-refractivity contribution in [2.45, 2.75) is 18.9 Å². The van der Waals surface area contributed by atoms with Crippen molar-refractivity contribution in [3.05, 3.63) is 0 Å². The Hall–Kier alpha value is 0.500. The molecule has 1 saturated heterocycles. The predicted molar refractivity (Wildman–Crippen MR) is 47.0 cm³/mol. The van der Waals surface area contributed by atoms with Crippen LogP contribution in [0.1, 0.15) is 12.8 Å². The van der Waals surface area contributed by atoms with Crippen LogP contribution in [0.15, 0.2) is 0 Å². The molecule has 1 heterocycles. The third-order valence-corrected chi connectivity index (χ3v) is 2.39. The molecule has 10 heavy (non-hydrogen) atoms. The van der Waals surface area contributed by atoms with Crippen molar-refractivity contribution in [2.75, 3.05) is 13.1 Å². The predicted octanol–water partition coefficient (Wildman–Crippen LogP) is 0.541. The average Bonchev–Trinajstić information content (AvgIpc) is 1.51. The molecular weight excluding hydrogens is 171 g/mol. The molecule has 0 aromatic heterocycles. The number of nitrogens with two attached hydrogens (primary N) is 1. The first-order valence-electron chi connectivity index (χ1n) is 3.27. The van der Waals surface area contributed by atoms with Crippen LogP contribution in [0.5, 0.6) is 0 Å². The topological polar surface area (TPSA) is 38.0 Å². The first-order valence-corrected chi connectivity index (χ1v) is 3.27. The molecule has 0 aromatic carbocycles. The molecule has 1 aliphatic heterocycles. The van der Waals surface area contributed by atoms with E-state index < -0.39 is 0 Å². The van der Waals surface area contributed by atoms with Crippen LogP contribution < -0.4 is 11.1 Å². The first-order chi connectivity index (χ1) is 3.81. The zero-order valence-corrected chi connectivity index (χ0v) is 7.43. The van der Waals surface area contributed by atoms with E-state index in [4.69, 9.17) is 5.73 Å². The van der Waals surface area contributed by atoms with E-state index in [2.05, 4.69) is 5.32 Å². The van der Waals surface area contributed by atoms with E-state index in [1.807, 2.05) is 0 Å². The van der Waals surface area contributed by atoms with Gasteiger partial charge in [-0.25, -0.2) is 0 Å². The maximum Gasteiger partial charge on any atom is 0.00513 e. The van der Waals surface area contributed by atoms with Gasteiger partial charge in [-0.3, -0.25) is 0 Å². The molecule has 0 radical (unpaired) electrons. The molecule has 0 atom stereocenters. The Balaban J connectivity index is 0.000000405. The second-order valence-corrected chi connectivity index (χ2v) is 3.27. The molecule has 62 valence electrons. The quantitative estimate of drug-likeness (QED) is 0.578. The van der Waals surface area contributed by atoms with Gasteiger partial charge < -0.3 is 11.1 Å². The van der Waals surface area contributed by atoms with Crippen molar-refractivity contribution in [3.63, 3.8) is 0 Å². The van der Waals surface area contributed by atoms with Gasteiger partial charge in [0.15, 0.2) is 0 Å². The first kappa shape index (κ1) is 10.5. The van der Waals surface area contributed by atoms with E-state index in [9.17, 15) is 0 Å². The lowest BCUT2D eigenvalue weighted by atomic mass is 9.62. The Labute approximate surface area is 73.7 Å². The summed E-state index contributed by atoms with van der Waals surface area (Å²) < 4.78 is 0. The molecular formula is C6H14Cl2N2. The summed E-state index contributed by atoms with van der Waals surface area (Å²) in [5.41, 5.74) is 6.32. The fourth-order valence-corrected chi connectivity index (χ4v) is 1.82. The highest BCUT2D eigenvalue weighted by Crippen LogP contribution is 2.42. The van der Waals surface area contributed by atoms with Crippen molar-refractivity contribution in [1.82, 2.24) is 5.32 Å². The van der Waals surface area contributed by atoms with Gasteiger partial charge in [-0.15, -0.1) is 24.8 Å². The molecule has 2 fully saturated rings. The second-order valence-electron chi connectivity index (χ2n) is 3.27. The van der Waals surface area contributed by atoms with Gasteiger partial charge in [-0.05, 0) is 18.3 Å². The number of nitrogens with one attached hydrogen (secondary N) is 1. The molecule has 0 unspecified atom stereocenters. The Morgan fingerprint density at radius 1 is 1.20 bits per heavy atom. The van der Waals surface area contributed by atoms with E-state index in [1.165, 1.54) is 25.9 Å². The van der Waals surface area contributed by atoms with Crippen LogP contribution in [-0.4, -0.2) is 19.1 Å². The maximum absolute atomic E-state index is 5.64. The van der Waals surface area contributed by atoms with Crippen molar-refractivity contribution in [2.24, 2.45) is 11.1 Å². The molecule has 1 aliphatic carbocycles. The Kier molecular flexibility index (Phi) is 3.43. The van der Waals surface area contributed by atoms with Crippen molar-refractivity contribution in [1.29, 1.82) is 0 Å². The fraction of sp³-hybridized carbons (Fsp3) is 1.00. The monoisotopic (exact) mass is 184 g/mol. The standard InChI is InChI=1S/C6H12N2.2ClH/c7-5-1-6(2-5)3-8-4-6;;/h5,8H,1-4,7H2;2*1H. The van der Waals surface area contributed by atoms with E-state index >= 15 is 0 Å². The van der Waals surface area contributed by atoms with Crippen molar-refractivity contribution >= 4 is 24.8 Å². The summed E-state index contributed by atoms with van der Waals surface area (Å²) in [5.74, 6) is 0. The van der Waals surface area contributed by atoms with Crippen LogP contribution in [0.4, 0.5) is 0 Å². The van der Waals surface area contributed by atoms with E-state index in [0.29, 0.717) is 11.5 Å². The lowest BCUT2D eigenvalue weighted by molar-refractivity contribution is 0.0393. The summed E-state index contributed by atoms with van der Waals surface area (Å²) in [6, 6.07) is 0.525. The minimum atomic E-state index is 0. The summed E-state index contributed by atoms with van der Waals surface area (Å²) in [5, 5.41) is 3.27. The zero-order valence-electron chi connectivity index (χ0n) is 5.80. The van der Waals surface area contributed by atoms with E-state index in [-0.39, 0.29) is 24.8 Å². The van der Waals surface area contributed by atoms with Gasteiger partial charge in [0.2, 0.25) is 0 Å². The molecule has 0 amide bonds. The third-order valence-electron chi connectivity index (χ3n) is 2.39. The van der Waals surface area contributed by atoms with Gasteiger partial charge in [0.05, 0.1) is 0 Å². The second kappa shape index (κ2) is 3.26. The van der Waals surface area contributed by atoms with Crippen LogP contribution in [0.3, 0.4) is 0 Å². The third kappa shape index (κ3) is 1.40. The Morgan fingerprint density at radius 3 is 1.80 bits per heavy atom. The van der Waals surface area contributed by atoms with Crippen LogP contribution in [0, 0.1) is 5.41 Å². The minimum absolute atomic E-state index is 0. The van der Waals surface area contributed by atoms with Crippen LogP contribution in [-0.2, 0) is 0 Å². The Bertz CT molecular complexity index is 106. The molecule has 2 aliphatic rings. The SMILES string of the molecule is Cl.Cl.NC1CC2(CNC2)C1. The van der Waals surface area contributed by atoms with Crippen molar-refractivity contribution < 1.29 is 0 Å². The summed E-state index contributed by atoms with van der Waals surface area (Å²) in [6.45, 7) is 2.45. The molecule has 1 saturated carbocycles. The molecule has 2 nitrogen and oxygen atoms in total. The van der Waals surface area contributed by atoms with Gasteiger partial charge >= 0.3 is 0 Å². The van der Waals surface area contributed by atoms with Crippen LogP contribution in [0.2, 0.25) is 0 Å². The number of hydrogen-bond donors (Lipinski definition) is 2. The van der Waals surface area contributed by atoms with Gasteiger partial charge in [0.25, 0.3) is 0 Å².